The Kier molecular flexibility index (Phi) is 3.13. The van der Waals surface area contributed by atoms with Crippen LogP contribution in [0.3, 0.4) is 0 Å². The SMILES string of the molecule is Cc1nc(N)nc(SCC(=O)O)c1N. The number of nitrogens with zero attached hydrogens (tertiary/aromatic N) is 2. The fraction of sp³-hybridized carbons (Fsp3) is 0.286. The number of aryl methyl sites for hydroxylation is 1. The maximum Gasteiger partial charge on any atom is 0.313 e. The molecule has 0 saturated heterocycles. The van der Waals surface area contributed by atoms with Crippen molar-refractivity contribution in [1.82, 2.24) is 9.97 Å². The molecule has 0 saturated carbocycles. The first kappa shape index (κ1) is 10.6. The summed E-state index contributed by atoms with van der Waals surface area (Å²) in [4.78, 5) is 18.0. The van der Waals surface area contributed by atoms with E-state index in [1.165, 1.54) is 0 Å². The molecule has 0 atom stereocenters. The summed E-state index contributed by atoms with van der Waals surface area (Å²) in [6.45, 7) is 1.69. The second-order valence-corrected chi connectivity index (χ2v) is 3.53. The third-order valence-corrected chi connectivity index (χ3v) is 2.43. The smallest absolute Gasteiger partial charge is 0.313 e. The number of hydrogen-bond donors (Lipinski definition) is 3. The molecule has 7 heteroatoms. The van der Waals surface area contributed by atoms with Crippen LogP contribution in [0.25, 0.3) is 0 Å². The second kappa shape index (κ2) is 4.14. The van der Waals surface area contributed by atoms with Gasteiger partial charge in [-0.1, -0.05) is 11.8 Å². The maximum absolute atomic E-state index is 10.3. The van der Waals surface area contributed by atoms with Crippen LogP contribution < -0.4 is 11.5 Å². The van der Waals surface area contributed by atoms with Gasteiger partial charge in [0.1, 0.15) is 5.03 Å². The lowest BCUT2D eigenvalue weighted by Crippen LogP contribution is -2.05. The largest absolute Gasteiger partial charge is 0.481 e. The summed E-state index contributed by atoms with van der Waals surface area (Å²) < 4.78 is 0. The second-order valence-electron chi connectivity index (χ2n) is 2.57. The van der Waals surface area contributed by atoms with E-state index in [-0.39, 0.29) is 11.7 Å². The van der Waals surface area contributed by atoms with Crippen LogP contribution >= 0.6 is 11.8 Å². The molecule has 0 aliphatic rings. The van der Waals surface area contributed by atoms with Crippen molar-refractivity contribution < 1.29 is 9.90 Å². The molecule has 0 spiro atoms. The molecule has 0 aromatic carbocycles. The molecule has 6 nitrogen and oxygen atoms in total. The molecule has 0 aliphatic heterocycles. The maximum atomic E-state index is 10.3. The first-order valence-electron chi connectivity index (χ1n) is 3.75. The van der Waals surface area contributed by atoms with Gasteiger partial charge in [-0.25, -0.2) is 9.97 Å². The van der Waals surface area contributed by atoms with Crippen LogP contribution in [0.2, 0.25) is 0 Å². The summed E-state index contributed by atoms with van der Waals surface area (Å²) >= 11 is 1.03. The lowest BCUT2D eigenvalue weighted by atomic mass is 10.4. The number of nitrogen functional groups attached to an aromatic ring is 2. The van der Waals surface area contributed by atoms with E-state index in [0.717, 1.165) is 11.8 Å². The van der Waals surface area contributed by atoms with Gasteiger partial charge in [0.15, 0.2) is 0 Å². The molecule has 0 radical (unpaired) electrons. The Balaban J connectivity index is 2.90. The topological polar surface area (TPSA) is 115 Å². The fourth-order valence-corrected chi connectivity index (χ4v) is 1.54. The van der Waals surface area contributed by atoms with Gasteiger partial charge in [0.2, 0.25) is 5.95 Å². The van der Waals surface area contributed by atoms with Crippen molar-refractivity contribution in [3.05, 3.63) is 5.69 Å². The highest BCUT2D eigenvalue weighted by atomic mass is 32.2. The van der Waals surface area contributed by atoms with E-state index < -0.39 is 5.97 Å². The van der Waals surface area contributed by atoms with Gasteiger partial charge < -0.3 is 16.6 Å². The van der Waals surface area contributed by atoms with Crippen LogP contribution in [0.5, 0.6) is 0 Å². The van der Waals surface area contributed by atoms with E-state index in [1.807, 2.05) is 0 Å². The zero-order chi connectivity index (χ0) is 10.7. The molecule has 0 amide bonds. The molecule has 1 rings (SSSR count). The highest BCUT2D eigenvalue weighted by Gasteiger charge is 2.09. The van der Waals surface area contributed by atoms with Gasteiger partial charge in [-0.15, -0.1) is 0 Å². The molecule has 0 bridgehead atoms. The third-order valence-electron chi connectivity index (χ3n) is 1.45. The number of hydrogen-bond acceptors (Lipinski definition) is 6. The van der Waals surface area contributed by atoms with Crippen LogP contribution in [0, 0.1) is 6.92 Å². The van der Waals surface area contributed by atoms with Gasteiger partial charge in [0.05, 0.1) is 17.1 Å². The molecular formula is C7H10N4O2S. The van der Waals surface area contributed by atoms with Crippen molar-refractivity contribution in [3.63, 3.8) is 0 Å². The standard InChI is InChI=1S/C7H10N4O2S/c1-3-5(8)6(11-7(9)10-3)14-2-4(12)13/h2,8H2,1H3,(H,12,13)(H2,9,10,11). The monoisotopic (exact) mass is 214 g/mol. The fourth-order valence-electron chi connectivity index (χ4n) is 0.816. The van der Waals surface area contributed by atoms with Gasteiger partial charge in [-0.3, -0.25) is 4.79 Å². The number of anilines is 2. The molecule has 0 aliphatic carbocycles. The van der Waals surface area contributed by atoms with E-state index in [1.54, 1.807) is 6.92 Å². The number of rotatable bonds is 3. The average Bonchev–Trinajstić information content (AvgIpc) is 2.08. The highest BCUT2D eigenvalue weighted by Crippen LogP contribution is 2.24. The first-order chi connectivity index (χ1) is 6.50. The lowest BCUT2D eigenvalue weighted by Gasteiger charge is -2.05. The molecule has 14 heavy (non-hydrogen) atoms. The van der Waals surface area contributed by atoms with Crippen LogP contribution in [0.1, 0.15) is 5.69 Å². The van der Waals surface area contributed by atoms with Gasteiger partial charge >= 0.3 is 5.97 Å². The minimum atomic E-state index is -0.927. The molecule has 5 N–H and O–H groups in total. The Morgan fingerprint density at radius 3 is 2.71 bits per heavy atom. The molecule has 0 fully saturated rings. The number of carboxylic acid groups (broad SMARTS) is 1. The Bertz CT molecular complexity index is 369. The van der Waals surface area contributed by atoms with E-state index in [0.29, 0.717) is 16.4 Å². The van der Waals surface area contributed by atoms with Gasteiger partial charge in [-0.2, -0.15) is 0 Å². The van der Waals surface area contributed by atoms with E-state index in [2.05, 4.69) is 9.97 Å². The molecule has 0 unspecified atom stereocenters. The number of nitrogens with two attached hydrogens (primary N) is 2. The van der Waals surface area contributed by atoms with Crippen LogP contribution in [-0.2, 0) is 4.79 Å². The summed E-state index contributed by atoms with van der Waals surface area (Å²) in [7, 11) is 0. The van der Waals surface area contributed by atoms with Crippen molar-refractivity contribution in [3.8, 4) is 0 Å². The number of thioether (sulfide) groups is 1. The molecular weight excluding hydrogens is 204 g/mol. The quantitative estimate of drug-likeness (QED) is 0.483. The predicted octanol–water partition coefficient (Wildman–Crippen LogP) is 0.126. The lowest BCUT2D eigenvalue weighted by molar-refractivity contribution is -0.133. The minimum Gasteiger partial charge on any atom is -0.481 e. The summed E-state index contributed by atoms with van der Waals surface area (Å²) in [6.07, 6.45) is 0. The van der Waals surface area contributed by atoms with E-state index in [4.69, 9.17) is 16.6 Å². The van der Waals surface area contributed by atoms with Crippen LogP contribution in [0.4, 0.5) is 11.6 Å². The Hall–Kier alpha value is -1.50. The van der Waals surface area contributed by atoms with Gasteiger partial charge in [0, 0.05) is 0 Å². The van der Waals surface area contributed by atoms with Gasteiger partial charge in [-0.05, 0) is 6.92 Å². The molecule has 1 aromatic heterocycles. The zero-order valence-corrected chi connectivity index (χ0v) is 8.34. The van der Waals surface area contributed by atoms with Crippen molar-refractivity contribution in [2.24, 2.45) is 0 Å². The van der Waals surface area contributed by atoms with Crippen LogP contribution in [0.15, 0.2) is 5.03 Å². The number of carboxylic acids is 1. The van der Waals surface area contributed by atoms with Gasteiger partial charge in [0.25, 0.3) is 0 Å². The Labute approximate surface area is 84.7 Å². The first-order valence-corrected chi connectivity index (χ1v) is 4.73. The molecule has 76 valence electrons. The number of aliphatic carboxylic acids is 1. The zero-order valence-electron chi connectivity index (χ0n) is 7.52. The average molecular weight is 214 g/mol. The summed E-state index contributed by atoms with van der Waals surface area (Å²) in [5, 5.41) is 8.88. The third kappa shape index (κ3) is 2.49. The molecule has 1 aromatic rings. The normalized spacial score (nSPS) is 10.1. The highest BCUT2D eigenvalue weighted by molar-refractivity contribution is 8.00. The predicted molar refractivity (Wildman–Crippen MR) is 54.0 cm³/mol. The Morgan fingerprint density at radius 2 is 2.14 bits per heavy atom. The van der Waals surface area contributed by atoms with E-state index in [9.17, 15) is 4.79 Å². The van der Waals surface area contributed by atoms with Crippen molar-refractivity contribution in [2.45, 2.75) is 11.9 Å². The summed E-state index contributed by atoms with van der Waals surface area (Å²) in [6, 6.07) is 0. The number of aromatic nitrogens is 2. The van der Waals surface area contributed by atoms with Crippen molar-refractivity contribution in [2.75, 3.05) is 17.2 Å². The van der Waals surface area contributed by atoms with Crippen molar-refractivity contribution >= 4 is 29.4 Å². The molecule has 1 heterocycles. The minimum absolute atomic E-state index is 0.0971. The Morgan fingerprint density at radius 1 is 1.50 bits per heavy atom. The van der Waals surface area contributed by atoms with Crippen molar-refractivity contribution in [1.29, 1.82) is 0 Å². The summed E-state index contributed by atoms with van der Waals surface area (Å²) in [5.74, 6) is -0.922. The van der Waals surface area contributed by atoms with E-state index >= 15 is 0 Å². The number of carbonyl (C=O) groups is 1. The van der Waals surface area contributed by atoms with Crippen LogP contribution in [-0.4, -0.2) is 26.8 Å². The summed E-state index contributed by atoms with van der Waals surface area (Å²) in [5.41, 5.74) is 12.0.